The van der Waals surface area contributed by atoms with Crippen LogP contribution < -0.4 is 4.74 Å². The molecule has 0 unspecified atom stereocenters. The number of rotatable bonds is 3. The lowest BCUT2D eigenvalue weighted by molar-refractivity contribution is -0.00911. The van der Waals surface area contributed by atoms with Crippen LogP contribution in [0.25, 0.3) is 0 Å². The van der Waals surface area contributed by atoms with Gasteiger partial charge in [-0.3, -0.25) is 0 Å². The smallest absolute Gasteiger partial charge is 0.126 e. The van der Waals surface area contributed by atoms with Crippen LogP contribution in [0.3, 0.4) is 0 Å². The van der Waals surface area contributed by atoms with Gasteiger partial charge in [-0.25, -0.2) is 0 Å². The summed E-state index contributed by atoms with van der Waals surface area (Å²) in [4.78, 5) is 0. The van der Waals surface area contributed by atoms with Gasteiger partial charge in [0, 0.05) is 5.56 Å². The van der Waals surface area contributed by atoms with Gasteiger partial charge in [-0.05, 0) is 38.0 Å². The molecule has 0 aliphatic carbocycles. The molecule has 0 bridgehead atoms. The predicted molar refractivity (Wildman–Crippen MR) is 61.3 cm³/mol. The molecule has 1 heterocycles. The Kier molecular flexibility index (Phi) is 2.91. The SMILES string of the molecule is CCOc1cc(CO)cc2c1C(C)(C)OC2. The Morgan fingerprint density at radius 2 is 2.19 bits per heavy atom. The van der Waals surface area contributed by atoms with Crippen molar-refractivity contribution in [2.45, 2.75) is 39.6 Å². The quantitative estimate of drug-likeness (QED) is 0.853. The first kappa shape index (κ1) is 11.4. The van der Waals surface area contributed by atoms with E-state index in [9.17, 15) is 5.11 Å². The summed E-state index contributed by atoms with van der Waals surface area (Å²) in [6.07, 6.45) is 0. The highest BCUT2D eigenvalue weighted by atomic mass is 16.5. The largest absolute Gasteiger partial charge is 0.493 e. The molecule has 1 aliphatic heterocycles. The number of ether oxygens (including phenoxy) is 2. The van der Waals surface area contributed by atoms with Crippen molar-refractivity contribution >= 4 is 0 Å². The Labute approximate surface area is 96.0 Å². The molecule has 16 heavy (non-hydrogen) atoms. The fourth-order valence-corrected chi connectivity index (χ4v) is 2.22. The molecule has 0 fully saturated rings. The van der Waals surface area contributed by atoms with Gasteiger partial charge in [0.05, 0.1) is 25.4 Å². The van der Waals surface area contributed by atoms with E-state index < -0.39 is 0 Å². The van der Waals surface area contributed by atoms with Crippen molar-refractivity contribution in [2.75, 3.05) is 6.61 Å². The molecule has 1 aliphatic rings. The molecule has 0 aromatic heterocycles. The van der Waals surface area contributed by atoms with Gasteiger partial charge in [0.1, 0.15) is 5.75 Å². The van der Waals surface area contributed by atoms with E-state index in [4.69, 9.17) is 9.47 Å². The zero-order valence-corrected chi connectivity index (χ0v) is 10.0. The highest BCUT2D eigenvalue weighted by Crippen LogP contribution is 2.42. The zero-order chi connectivity index (χ0) is 11.8. The maximum atomic E-state index is 9.20. The number of hydrogen-bond acceptors (Lipinski definition) is 3. The van der Waals surface area contributed by atoms with Gasteiger partial charge < -0.3 is 14.6 Å². The first-order valence-electron chi connectivity index (χ1n) is 5.62. The number of hydrogen-bond donors (Lipinski definition) is 1. The summed E-state index contributed by atoms with van der Waals surface area (Å²) in [5.41, 5.74) is 2.82. The van der Waals surface area contributed by atoms with Crippen LogP contribution in [0.4, 0.5) is 0 Å². The Balaban J connectivity index is 2.53. The molecule has 88 valence electrons. The molecule has 3 heteroatoms. The summed E-state index contributed by atoms with van der Waals surface area (Å²) < 4.78 is 11.4. The van der Waals surface area contributed by atoms with Crippen molar-refractivity contribution in [1.29, 1.82) is 0 Å². The highest BCUT2D eigenvalue weighted by molar-refractivity contribution is 5.48. The molecule has 0 atom stereocenters. The molecule has 1 aromatic carbocycles. The third kappa shape index (κ3) is 1.81. The molecule has 1 N–H and O–H groups in total. The van der Waals surface area contributed by atoms with E-state index in [1.165, 1.54) is 0 Å². The summed E-state index contributed by atoms with van der Waals surface area (Å²) >= 11 is 0. The fraction of sp³-hybridized carbons (Fsp3) is 0.538. The Hall–Kier alpha value is -1.06. The second-order valence-electron chi connectivity index (χ2n) is 4.52. The van der Waals surface area contributed by atoms with Crippen LogP contribution in [0.5, 0.6) is 5.75 Å². The van der Waals surface area contributed by atoms with Crippen molar-refractivity contribution in [1.82, 2.24) is 0 Å². The maximum absolute atomic E-state index is 9.20. The van der Waals surface area contributed by atoms with Crippen LogP contribution in [-0.4, -0.2) is 11.7 Å². The summed E-state index contributed by atoms with van der Waals surface area (Å²) in [5.74, 6) is 0.839. The number of benzene rings is 1. The van der Waals surface area contributed by atoms with Crippen LogP contribution in [0.15, 0.2) is 12.1 Å². The third-order valence-electron chi connectivity index (χ3n) is 2.92. The number of aliphatic hydroxyl groups excluding tert-OH is 1. The van der Waals surface area contributed by atoms with Crippen molar-refractivity contribution in [3.05, 3.63) is 28.8 Å². The van der Waals surface area contributed by atoms with Gasteiger partial charge in [0.15, 0.2) is 0 Å². The lowest BCUT2D eigenvalue weighted by Crippen LogP contribution is -2.16. The Morgan fingerprint density at radius 1 is 1.44 bits per heavy atom. The van der Waals surface area contributed by atoms with Gasteiger partial charge in [-0.15, -0.1) is 0 Å². The highest BCUT2D eigenvalue weighted by Gasteiger charge is 2.34. The van der Waals surface area contributed by atoms with E-state index in [0.29, 0.717) is 13.2 Å². The molecule has 0 radical (unpaired) electrons. The van der Waals surface area contributed by atoms with Crippen molar-refractivity contribution in [3.63, 3.8) is 0 Å². The van der Waals surface area contributed by atoms with Gasteiger partial charge in [0.25, 0.3) is 0 Å². The molecule has 0 spiro atoms. The summed E-state index contributed by atoms with van der Waals surface area (Å²) in [6, 6.07) is 3.89. The van der Waals surface area contributed by atoms with Crippen LogP contribution in [0, 0.1) is 0 Å². The number of fused-ring (bicyclic) bond motifs is 1. The molecular formula is C13H18O3. The minimum Gasteiger partial charge on any atom is -0.493 e. The minimum absolute atomic E-state index is 0.0355. The van der Waals surface area contributed by atoms with Crippen LogP contribution in [-0.2, 0) is 23.6 Å². The normalized spacial score (nSPS) is 17.2. The first-order chi connectivity index (χ1) is 7.58. The monoisotopic (exact) mass is 222 g/mol. The molecule has 0 saturated carbocycles. The summed E-state index contributed by atoms with van der Waals surface area (Å²) in [7, 11) is 0. The second-order valence-corrected chi connectivity index (χ2v) is 4.52. The molecule has 0 saturated heterocycles. The minimum atomic E-state index is -0.298. The van der Waals surface area contributed by atoms with Gasteiger partial charge >= 0.3 is 0 Å². The average molecular weight is 222 g/mol. The predicted octanol–water partition coefficient (Wildman–Crippen LogP) is 2.34. The topological polar surface area (TPSA) is 38.7 Å². The van der Waals surface area contributed by atoms with E-state index in [0.717, 1.165) is 22.4 Å². The molecule has 3 nitrogen and oxygen atoms in total. The van der Waals surface area contributed by atoms with E-state index in [1.807, 2.05) is 32.9 Å². The maximum Gasteiger partial charge on any atom is 0.126 e. The summed E-state index contributed by atoms with van der Waals surface area (Å²) in [5, 5.41) is 9.20. The Bertz CT molecular complexity index is 396. The van der Waals surface area contributed by atoms with Crippen molar-refractivity contribution < 1.29 is 14.6 Å². The number of aliphatic hydroxyl groups is 1. The fourth-order valence-electron chi connectivity index (χ4n) is 2.22. The van der Waals surface area contributed by atoms with Crippen LogP contribution in [0.2, 0.25) is 0 Å². The van der Waals surface area contributed by atoms with E-state index in [1.54, 1.807) is 0 Å². The molecule has 1 aromatic rings. The lowest BCUT2D eigenvalue weighted by atomic mass is 9.93. The first-order valence-corrected chi connectivity index (χ1v) is 5.62. The Morgan fingerprint density at radius 3 is 2.81 bits per heavy atom. The van der Waals surface area contributed by atoms with Crippen LogP contribution >= 0.6 is 0 Å². The van der Waals surface area contributed by atoms with Crippen molar-refractivity contribution in [3.8, 4) is 5.75 Å². The van der Waals surface area contributed by atoms with Gasteiger partial charge in [-0.1, -0.05) is 6.07 Å². The van der Waals surface area contributed by atoms with Crippen LogP contribution in [0.1, 0.15) is 37.5 Å². The standard InChI is InChI=1S/C13H18O3/c1-4-15-11-6-9(7-14)5-10-8-16-13(2,3)12(10)11/h5-6,14H,4,7-8H2,1-3H3. The van der Waals surface area contributed by atoms with E-state index in [-0.39, 0.29) is 12.2 Å². The van der Waals surface area contributed by atoms with Gasteiger partial charge in [0.2, 0.25) is 0 Å². The van der Waals surface area contributed by atoms with E-state index >= 15 is 0 Å². The zero-order valence-electron chi connectivity index (χ0n) is 10.0. The summed E-state index contributed by atoms with van der Waals surface area (Å²) in [6.45, 7) is 7.29. The van der Waals surface area contributed by atoms with E-state index in [2.05, 4.69) is 0 Å². The lowest BCUT2D eigenvalue weighted by Gasteiger charge is -2.21. The molecule has 2 rings (SSSR count). The average Bonchev–Trinajstić information content (AvgIpc) is 2.55. The van der Waals surface area contributed by atoms with Crippen molar-refractivity contribution in [2.24, 2.45) is 0 Å². The molecular weight excluding hydrogens is 204 g/mol. The molecule has 0 amide bonds. The second kappa shape index (κ2) is 4.07. The van der Waals surface area contributed by atoms with Gasteiger partial charge in [-0.2, -0.15) is 0 Å². The third-order valence-corrected chi connectivity index (χ3v) is 2.92.